The Hall–Kier alpha value is -2.91. The molecule has 1 aliphatic heterocycles. The van der Waals surface area contributed by atoms with Gasteiger partial charge in [-0.2, -0.15) is 0 Å². The molecule has 0 saturated heterocycles. The number of aliphatic hydroxyl groups excluding tert-OH is 1. The van der Waals surface area contributed by atoms with Crippen LogP contribution < -0.4 is 10.7 Å². The lowest BCUT2D eigenvalue weighted by Gasteiger charge is -2.36. The molecular formula is C20H19ClFN3O5. The first-order valence-corrected chi connectivity index (χ1v) is 9.65. The van der Waals surface area contributed by atoms with Crippen LogP contribution >= 0.6 is 11.6 Å². The molecule has 3 N–H and O–H groups in total. The number of aliphatic hydroxyl groups is 1. The fourth-order valence-corrected chi connectivity index (χ4v) is 4.28. The summed E-state index contributed by atoms with van der Waals surface area (Å²) >= 11 is 5.73. The molecule has 1 fully saturated rings. The Kier molecular flexibility index (Phi) is 4.82. The molecule has 1 aromatic heterocycles. The lowest BCUT2D eigenvalue weighted by atomic mass is 10.0. The van der Waals surface area contributed by atoms with Crippen LogP contribution in [-0.4, -0.2) is 50.7 Å². The van der Waals surface area contributed by atoms with Crippen molar-refractivity contribution in [3.05, 3.63) is 62.3 Å². The molecule has 2 aromatic rings. The largest absolute Gasteiger partial charge is 0.503 e. The maximum atomic E-state index is 14.0. The average Bonchev–Trinajstić information content (AvgIpc) is 3.43. The number of aromatic nitrogens is 1. The van der Waals surface area contributed by atoms with Crippen LogP contribution in [0, 0.1) is 11.7 Å². The first-order chi connectivity index (χ1) is 14.2. The third-order valence-electron chi connectivity index (χ3n) is 6.01. The number of carbonyl (C=O) groups excluding carboxylic acids is 2. The first kappa shape index (κ1) is 20.4. The molecule has 1 aliphatic carbocycles. The maximum absolute atomic E-state index is 14.0. The number of hydrogen-bond donors (Lipinski definition) is 3. The van der Waals surface area contributed by atoms with Crippen LogP contribution in [0.3, 0.4) is 0 Å². The number of rotatable bonds is 4. The van der Waals surface area contributed by atoms with E-state index >= 15 is 0 Å². The van der Waals surface area contributed by atoms with Crippen LogP contribution in [0.1, 0.15) is 32.8 Å². The van der Waals surface area contributed by atoms with Crippen LogP contribution in [0.5, 0.6) is 5.75 Å². The molecular weight excluding hydrogens is 417 g/mol. The number of nitrogens with zero attached hydrogens (tertiary/aromatic N) is 2. The van der Waals surface area contributed by atoms with Crippen molar-refractivity contribution in [3.8, 4) is 5.75 Å². The number of likely N-dealkylation sites (N-methyl/N-ethyl adjacent to an activating group) is 1. The highest BCUT2D eigenvalue weighted by molar-refractivity contribution is 6.30. The van der Waals surface area contributed by atoms with E-state index in [2.05, 4.69) is 5.32 Å². The summed E-state index contributed by atoms with van der Waals surface area (Å²) in [5.41, 5.74) is -2.03. The van der Waals surface area contributed by atoms with E-state index in [9.17, 15) is 29.0 Å². The summed E-state index contributed by atoms with van der Waals surface area (Å²) in [6.45, 7) is -0.0874. The van der Waals surface area contributed by atoms with E-state index in [1.807, 2.05) is 0 Å². The summed E-state index contributed by atoms with van der Waals surface area (Å²) in [6, 6.07) is 4.35. The van der Waals surface area contributed by atoms with E-state index in [0.717, 1.165) is 0 Å². The second-order valence-electron chi connectivity index (χ2n) is 7.64. The SMILES string of the molecule is CN1C(=O)c2c(O)c(=O)c(C(=O)NCc3cccc(Cl)c3F)cn2C[C@]12C[C@H]2CO. The molecule has 8 nitrogen and oxygen atoms in total. The Labute approximate surface area is 175 Å². The molecule has 0 bridgehead atoms. The van der Waals surface area contributed by atoms with Gasteiger partial charge in [0.2, 0.25) is 5.43 Å². The van der Waals surface area contributed by atoms with Gasteiger partial charge in [-0.25, -0.2) is 4.39 Å². The highest BCUT2D eigenvalue weighted by Crippen LogP contribution is 2.51. The van der Waals surface area contributed by atoms with E-state index in [0.29, 0.717) is 6.42 Å². The Morgan fingerprint density at radius 3 is 2.80 bits per heavy atom. The molecule has 158 valence electrons. The van der Waals surface area contributed by atoms with Gasteiger partial charge in [-0.3, -0.25) is 14.4 Å². The predicted octanol–water partition coefficient (Wildman–Crippen LogP) is 1.11. The van der Waals surface area contributed by atoms with Crippen molar-refractivity contribution in [1.82, 2.24) is 14.8 Å². The van der Waals surface area contributed by atoms with Gasteiger partial charge in [0.25, 0.3) is 11.8 Å². The molecule has 1 spiro atoms. The summed E-state index contributed by atoms with van der Waals surface area (Å²) in [6.07, 6.45) is 1.80. The number of halogens is 2. The fourth-order valence-electron chi connectivity index (χ4n) is 4.09. The number of benzene rings is 1. The van der Waals surface area contributed by atoms with Gasteiger partial charge in [0.05, 0.1) is 10.6 Å². The Bertz CT molecular complexity index is 1130. The van der Waals surface area contributed by atoms with Gasteiger partial charge in [0, 0.05) is 44.4 Å². The number of pyridine rings is 1. The van der Waals surface area contributed by atoms with Crippen LogP contribution in [-0.2, 0) is 13.1 Å². The second kappa shape index (κ2) is 7.10. The fraction of sp³-hybridized carbons (Fsp3) is 0.350. The lowest BCUT2D eigenvalue weighted by molar-refractivity contribution is 0.0569. The van der Waals surface area contributed by atoms with E-state index in [-0.39, 0.29) is 47.5 Å². The monoisotopic (exact) mass is 435 g/mol. The molecule has 30 heavy (non-hydrogen) atoms. The van der Waals surface area contributed by atoms with Crippen LogP contribution in [0.25, 0.3) is 0 Å². The number of fused-ring (bicyclic) bond motifs is 1. The van der Waals surface area contributed by atoms with Crippen molar-refractivity contribution in [2.45, 2.75) is 25.0 Å². The molecule has 1 aromatic carbocycles. The first-order valence-electron chi connectivity index (χ1n) is 9.27. The molecule has 2 aliphatic rings. The van der Waals surface area contributed by atoms with Crippen molar-refractivity contribution in [3.63, 3.8) is 0 Å². The molecule has 1 saturated carbocycles. The number of hydrogen-bond acceptors (Lipinski definition) is 5. The summed E-state index contributed by atoms with van der Waals surface area (Å²) in [5.74, 6) is -2.99. The van der Waals surface area contributed by atoms with Gasteiger partial charge in [-0.05, 0) is 12.5 Å². The van der Waals surface area contributed by atoms with Gasteiger partial charge in [0.1, 0.15) is 11.4 Å². The van der Waals surface area contributed by atoms with Gasteiger partial charge in [0.15, 0.2) is 11.4 Å². The standard InChI is InChI=1S/C20H19ClFN3O5/c1-24-19(30)15-17(28)16(27)12(7-25(15)9-20(24)5-11(20)8-26)18(29)23-6-10-3-2-4-13(21)14(10)22/h2-4,7,11,26,28H,5-6,8-9H2,1H3,(H,23,29)/t11-,20-/m0/s1. The zero-order valence-corrected chi connectivity index (χ0v) is 16.7. The van der Waals surface area contributed by atoms with Crippen LogP contribution in [0.4, 0.5) is 4.39 Å². The van der Waals surface area contributed by atoms with Crippen molar-refractivity contribution >= 4 is 23.4 Å². The number of nitrogens with one attached hydrogen (secondary N) is 1. The predicted molar refractivity (Wildman–Crippen MR) is 105 cm³/mol. The van der Waals surface area contributed by atoms with Gasteiger partial charge in [-0.15, -0.1) is 0 Å². The molecule has 4 rings (SSSR count). The minimum atomic E-state index is -0.988. The van der Waals surface area contributed by atoms with Crippen LogP contribution in [0.15, 0.2) is 29.2 Å². The quantitative estimate of drug-likeness (QED) is 0.666. The molecule has 10 heteroatoms. The zero-order chi connectivity index (χ0) is 21.8. The molecule has 2 amide bonds. The topological polar surface area (TPSA) is 112 Å². The Morgan fingerprint density at radius 2 is 2.13 bits per heavy atom. The van der Waals surface area contributed by atoms with Gasteiger partial charge >= 0.3 is 0 Å². The maximum Gasteiger partial charge on any atom is 0.274 e. The molecule has 0 radical (unpaired) electrons. The van der Waals surface area contributed by atoms with E-state index in [1.165, 1.54) is 33.9 Å². The van der Waals surface area contributed by atoms with Crippen molar-refractivity contribution in [2.75, 3.05) is 13.7 Å². The number of amides is 2. The van der Waals surface area contributed by atoms with E-state index < -0.39 is 34.3 Å². The van der Waals surface area contributed by atoms with Crippen molar-refractivity contribution in [1.29, 1.82) is 0 Å². The normalized spacial score (nSPS) is 22.2. The third kappa shape index (κ3) is 2.96. The van der Waals surface area contributed by atoms with E-state index in [1.54, 1.807) is 7.05 Å². The Morgan fingerprint density at radius 1 is 1.40 bits per heavy atom. The summed E-state index contributed by atoms with van der Waals surface area (Å²) in [7, 11) is 1.56. The minimum Gasteiger partial charge on any atom is -0.503 e. The van der Waals surface area contributed by atoms with Crippen molar-refractivity contribution in [2.24, 2.45) is 5.92 Å². The number of aromatic hydroxyl groups is 1. The minimum absolute atomic E-state index is 0.0935. The van der Waals surface area contributed by atoms with E-state index in [4.69, 9.17) is 11.6 Å². The third-order valence-corrected chi connectivity index (χ3v) is 6.30. The van der Waals surface area contributed by atoms with Crippen molar-refractivity contribution < 1.29 is 24.2 Å². The van der Waals surface area contributed by atoms with Crippen LogP contribution in [0.2, 0.25) is 5.02 Å². The second-order valence-corrected chi connectivity index (χ2v) is 8.05. The lowest BCUT2D eigenvalue weighted by Crippen LogP contribution is -2.50. The smallest absolute Gasteiger partial charge is 0.274 e. The Balaban J connectivity index is 1.65. The summed E-state index contributed by atoms with van der Waals surface area (Å²) < 4.78 is 15.4. The van der Waals surface area contributed by atoms with Gasteiger partial charge in [-0.1, -0.05) is 23.7 Å². The zero-order valence-electron chi connectivity index (χ0n) is 16.0. The van der Waals surface area contributed by atoms with Gasteiger partial charge < -0.3 is 25.0 Å². The molecule has 0 unspecified atom stereocenters. The average molecular weight is 436 g/mol. The molecule has 2 atom stereocenters. The molecule has 2 heterocycles. The number of carbonyl (C=O) groups is 2. The summed E-state index contributed by atoms with van der Waals surface area (Å²) in [4.78, 5) is 39.3. The highest BCUT2D eigenvalue weighted by atomic mass is 35.5. The summed E-state index contributed by atoms with van der Waals surface area (Å²) in [5, 5.41) is 22.2. The highest BCUT2D eigenvalue weighted by Gasteiger charge is 2.61.